The zero-order valence-electron chi connectivity index (χ0n) is 10.9. The summed E-state index contributed by atoms with van der Waals surface area (Å²) in [6.07, 6.45) is 2.95. The van der Waals surface area contributed by atoms with Crippen LogP contribution in [0.25, 0.3) is 0 Å². The van der Waals surface area contributed by atoms with Crippen LogP contribution in [0, 0.1) is 11.7 Å². The maximum atomic E-state index is 13.0. The van der Waals surface area contributed by atoms with Crippen LogP contribution in [0.2, 0.25) is 5.02 Å². The predicted molar refractivity (Wildman–Crippen MR) is 74.6 cm³/mol. The Kier molecular flexibility index (Phi) is 5.01. The Balaban J connectivity index is 2.08. The van der Waals surface area contributed by atoms with E-state index in [1.807, 2.05) is 0 Å². The van der Waals surface area contributed by atoms with Crippen LogP contribution >= 0.6 is 11.6 Å². The second-order valence-corrected chi connectivity index (χ2v) is 7.19. The highest BCUT2D eigenvalue weighted by atomic mass is 35.5. The molecule has 4 nitrogen and oxygen atoms in total. The van der Waals surface area contributed by atoms with Crippen LogP contribution < -0.4 is 4.72 Å². The lowest BCUT2D eigenvalue weighted by Crippen LogP contribution is -2.38. The summed E-state index contributed by atoms with van der Waals surface area (Å²) < 4.78 is 40.0. The number of aliphatic hydroxyl groups is 1. The van der Waals surface area contributed by atoms with E-state index in [1.165, 1.54) is 6.07 Å². The van der Waals surface area contributed by atoms with Crippen LogP contribution in [0.5, 0.6) is 0 Å². The van der Waals surface area contributed by atoms with E-state index in [4.69, 9.17) is 16.7 Å². The van der Waals surface area contributed by atoms with E-state index in [-0.39, 0.29) is 28.5 Å². The predicted octanol–water partition coefficient (Wildman–Crippen LogP) is 2.31. The number of hydrogen-bond acceptors (Lipinski definition) is 3. The molecule has 0 bridgehead atoms. The van der Waals surface area contributed by atoms with Gasteiger partial charge in [-0.25, -0.2) is 17.5 Å². The Labute approximate surface area is 123 Å². The average Bonchev–Trinajstić information content (AvgIpc) is 2.38. The second-order valence-electron chi connectivity index (χ2n) is 5.10. The van der Waals surface area contributed by atoms with Crippen LogP contribution in [0.3, 0.4) is 0 Å². The minimum Gasteiger partial charge on any atom is -0.396 e. The number of sulfonamides is 1. The first-order valence-corrected chi connectivity index (χ1v) is 8.36. The maximum Gasteiger partial charge on any atom is 0.242 e. The maximum absolute atomic E-state index is 13.0. The van der Waals surface area contributed by atoms with Crippen LogP contribution in [-0.2, 0) is 10.0 Å². The van der Waals surface area contributed by atoms with E-state index in [2.05, 4.69) is 4.72 Å². The molecule has 0 heterocycles. The summed E-state index contributed by atoms with van der Waals surface area (Å²) in [4.78, 5) is -0.107. The Morgan fingerprint density at radius 3 is 2.50 bits per heavy atom. The van der Waals surface area contributed by atoms with Crippen molar-refractivity contribution in [2.45, 2.75) is 36.6 Å². The first-order chi connectivity index (χ1) is 9.42. The summed E-state index contributed by atoms with van der Waals surface area (Å²) in [5, 5.41) is 8.94. The van der Waals surface area contributed by atoms with Crippen LogP contribution in [-0.4, -0.2) is 26.2 Å². The number of hydrogen-bond donors (Lipinski definition) is 2. The molecule has 1 aliphatic rings. The van der Waals surface area contributed by atoms with Crippen molar-refractivity contribution in [2.75, 3.05) is 6.61 Å². The normalized spacial score (nSPS) is 23.8. The third kappa shape index (κ3) is 3.69. The van der Waals surface area contributed by atoms with Crippen molar-refractivity contribution in [3.63, 3.8) is 0 Å². The molecule has 2 N–H and O–H groups in total. The van der Waals surface area contributed by atoms with E-state index in [0.717, 1.165) is 25.0 Å². The van der Waals surface area contributed by atoms with Gasteiger partial charge in [0.25, 0.3) is 0 Å². The summed E-state index contributed by atoms with van der Waals surface area (Å²) in [6.45, 7) is 0.142. The van der Waals surface area contributed by atoms with Crippen molar-refractivity contribution in [1.29, 1.82) is 0 Å². The Bertz CT molecular complexity index is 571. The van der Waals surface area contributed by atoms with Gasteiger partial charge in [-0.15, -0.1) is 0 Å². The highest BCUT2D eigenvalue weighted by Crippen LogP contribution is 2.27. The standard InChI is InChI=1S/C13H17ClFNO3S/c14-12-7-10(15)3-6-13(12)20(18,19)16-11-4-1-9(8-17)2-5-11/h3,6-7,9,11,16-17H,1-2,4-5,8H2. The smallest absolute Gasteiger partial charge is 0.242 e. The molecule has 1 saturated carbocycles. The van der Waals surface area contributed by atoms with Gasteiger partial charge in [0.2, 0.25) is 10.0 Å². The van der Waals surface area contributed by atoms with Crippen LogP contribution in [0.4, 0.5) is 4.39 Å². The highest BCUT2D eigenvalue weighted by Gasteiger charge is 2.26. The van der Waals surface area contributed by atoms with Gasteiger partial charge >= 0.3 is 0 Å². The topological polar surface area (TPSA) is 66.4 Å². The Hall–Kier alpha value is -0.690. The zero-order valence-corrected chi connectivity index (χ0v) is 12.4. The molecule has 112 valence electrons. The third-order valence-electron chi connectivity index (χ3n) is 3.61. The third-order valence-corrected chi connectivity index (χ3v) is 5.61. The van der Waals surface area contributed by atoms with Gasteiger partial charge in [-0.3, -0.25) is 0 Å². The monoisotopic (exact) mass is 321 g/mol. The van der Waals surface area contributed by atoms with E-state index < -0.39 is 15.8 Å². The summed E-state index contributed by atoms with van der Waals surface area (Å²) in [6, 6.07) is 3.06. The van der Waals surface area contributed by atoms with Gasteiger partial charge in [-0.2, -0.15) is 0 Å². The number of aliphatic hydroxyl groups excluding tert-OH is 1. The number of halogens is 2. The molecule has 1 aliphatic carbocycles. The quantitative estimate of drug-likeness (QED) is 0.894. The summed E-state index contributed by atoms with van der Waals surface area (Å²) in [5.74, 6) is -0.317. The number of nitrogens with one attached hydrogen (secondary N) is 1. The van der Waals surface area contributed by atoms with Crippen molar-refractivity contribution in [2.24, 2.45) is 5.92 Å². The van der Waals surface area contributed by atoms with E-state index in [1.54, 1.807) is 0 Å². The number of benzene rings is 1. The molecule has 1 fully saturated rings. The fourth-order valence-corrected chi connectivity index (χ4v) is 4.28. The van der Waals surface area contributed by atoms with Gasteiger partial charge < -0.3 is 5.11 Å². The molecule has 0 saturated heterocycles. The molecular formula is C13H17ClFNO3S. The summed E-state index contributed by atoms with van der Waals surface area (Å²) in [5.41, 5.74) is 0. The fourth-order valence-electron chi connectivity index (χ4n) is 2.44. The molecule has 0 aliphatic heterocycles. The Morgan fingerprint density at radius 2 is 1.95 bits per heavy atom. The molecule has 0 unspecified atom stereocenters. The van der Waals surface area contributed by atoms with Crippen molar-refractivity contribution in [3.8, 4) is 0 Å². The molecule has 1 aromatic rings. The highest BCUT2D eigenvalue weighted by molar-refractivity contribution is 7.89. The minimum atomic E-state index is -3.74. The lowest BCUT2D eigenvalue weighted by molar-refractivity contribution is 0.180. The van der Waals surface area contributed by atoms with Gasteiger partial charge in [0.1, 0.15) is 10.7 Å². The van der Waals surface area contributed by atoms with Gasteiger partial charge in [0.15, 0.2) is 0 Å². The summed E-state index contributed by atoms with van der Waals surface area (Å²) >= 11 is 5.79. The average molecular weight is 322 g/mol. The van der Waals surface area contributed by atoms with Crippen molar-refractivity contribution < 1.29 is 17.9 Å². The lowest BCUT2D eigenvalue weighted by atomic mass is 9.87. The van der Waals surface area contributed by atoms with Gasteiger partial charge in [-0.05, 0) is 49.8 Å². The van der Waals surface area contributed by atoms with Crippen LogP contribution in [0.1, 0.15) is 25.7 Å². The first-order valence-electron chi connectivity index (χ1n) is 6.50. The first kappa shape index (κ1) is 15.7. The largest absolute Gasteiger partial charge is 0.396 e. The van der Waals surface area contributed by atoms with E-state index >= 15 is 0 Å². The van der Waals surface area contributed by atoms with Gasteiger partial charge in [0.05, 0.1) is 5.02 Å². The molecular weight excluding hydrogens is 305 g/mol. The number of rotatable bonds is 4. The molecule has 2 rings (SSSR count). The van der Waals surface area contributed by atoms with Crippen molar-refractivity contribution in [1.82, 2.24) is 4.72 Å². The van der Waals surface area contributed by atoms with Crippen molar-refractivity contribution in [3.05, 3.63) is 29.0 Å². The van der Waals surface area contributed by atoms with Gasteiger partial charge in [0, 0.05) is 12.6 Å². The van der Waals surface area contributed by atoms with E-state index in [9.17, 15) is 12.8 Å². The second kappa shape index (κ2) is 6.39. The zero-order chi connectivity index (χ0) is 14.8. The molecule has 1 aromatic carbocycles. The van der Waals surface area contributed by atoms with Gasteiger partial charge in [-0.1, -0.05) is 11.6 Å². The van der Waals surface area contributed by atoms with E-state index in [0.29, 0.717) is 12.8 Å². The van der Waals surface area contributed by atoms with Crippen molar-refractivity contribution >= 4 is 21.6 Å². The molecule has 0 radical (unpaired) electrons. The molecule has 0 spiro atoms. The SMILES string of the molecule is O=S(=O)(NC1CCC(CO)CC1)c1ccc(F)cc1Cl. The molecule has 0 atom stereocenters. The summed E-state index contributed by atoms with van der Waals surface area (Å²) in [7, 11) is -3.74. The molecule has 0 aromatic heterocycles. The van der Waals surface area contributed by atoms with Crippen LogP contribution in [0.15, 0.2) is 23.1 Å². The molecule has 0 amide bonds. The minimum absolute atomic E-state index is 0.107. The fraction of sp³-hybridized carbons (Fsp3) is 0.538. The molecule has 20 heavy (non-hydrogen) atoms. The lowest BCUT2D eigenvalue weighted by Gasteiger charge is -2.27. The molecule has 7 heteroatoms. The Morgan fingerprint density at radius 1 is 1.30 bits per heavy atom.